The number of halogens is 3. The van der Waals surface area contributed by atoms with Crippen LogP contribution in [-0.4, -0.2) is 76.0 Å². The lowest BCUT2D eigenvalue weighted by atomic mass is 9.91. The fourth-order valence-electron chi connectivity index (χ4n) is 4.61. The standard InChI is InChI=1S/C23H24F3N7O3/c1-12-14-4-5-15-19(29-30-20(15)21(34)35)18(14)28-23(27-12)33(36-22(25)26)17-11-13(3-6-16(17)24)32-9-7-31(2)8-10-32/h3,6,11,22H,4-5,7-10H2,1-2H3,(H,29,30)(H,34,35). The molecule has 1 saturated heterocycles. The number of aromatic carboxylic acids is 1. The second-order valence-corrected chi connectivity index (χ2v) is 8.75. The predicted octanol–water partition coefficient (Wildman–Crippen LogP) is 3.16. The van der Waals surface area contributed by atoms with Gasteiger partial charge in [-0.05, 0) is 45.0 Å². The zero-order valence-corrected chi connectivity index (χ0v) is 19.6. The Morgan fingerprint density at radius 3 is 2.56 bits per heavy atom. The molecule has 5 rings (SSSR count). The van der Waals surface area contributed by atoms with Gasteiger partial charge >= 0.3 is 12.6 Å². The molecule has 3 heterocycles. The van der Waals surface area contributed by atoms with Crippen molar-refractivity contribution in [2.45, 2.75) is 26.4 Å². The first-order valence-corrected chi connectivity index (χ1v) is 11.4. The molecule has 0 radical (unpaired) electrons. The monoisotopic (exact) mass is 503 g/mol. The van der Waals surface area contributed by atoms with Crippen molar-refractivity contribution < 1.29 is 27.9 Å². The number of nitrogens with one attached hydrogen (secondary N) is 1. The van der Waals surface area contributed by atoms with E-state index < -0.39 is 18.4 Å². The van der Waals surface area contributed by atoms with Gasteiger partial charge in [0, 0.05) is 48.7 Å². The molecule has 0 atom stereocenters. The van der Waals surface area contributed by atoms with Gasteiger partial charge in [-0.2, -0.15) is 23.8 Å². The average molecular weight is 503 g/mol. The maximum Gasteiger partial charge on any atom is 0.365 e. The molecule has 1 fully saturated rings. The van der Waals surface area contributed by atoms with Crippen LogP contribution >= 0.6 is 0 Å². The highest BCUT2D eigenvalue weighted by Gasteiger charge is 2.31. The Morgan fingerprint density at radius 2 is 1.86 bits per heavy atom. The Balaban J connectivity index is 1.59. The number of aromatic amines is 1. The quantitative estimate of drug-likeness (QED) is 0.490. The Bertz CT molecular complexity index is 1310. The van der Waals surface area contributed by atoms with Crippen LogP contribution < -0.4 is 9.96 Å². The minimum Gasteiger partial charge on any atom is -0.477 e. The molecule has 36 heavy (non-hydrogen) atoms. The molecule has 0 amide bonds. The molecule has 0 bridgehead atoms. The van der Waals surface area contributed by atoms with E-state index in [0.29, 0.717) is 64.9 Å². The largest absolute Gasteiger partial charge is 0.477 e. The van der Waals surface area contributed by atoms with E-state index >= 15 is 4.39 Å². The van der Waals surface area contributed by atoms with E-state index in [4.69, 9.17) is 4.84 Å². The minimum atomic E-state index is -3.28. The molecule has 0 saturated carbocycles. The summed E-state index contributed by atoms with van der Waals surface area (Å²) in [7, 11) is 2.01. The summed E-state index contributed by atoms with van der Waals surface area (Å²) in [5.74, 6) is -2.27. The van der Waals surface area contributed by atoms with Crippen molar-refractivity contribution in [2.75, 3.05) is 43.2 Å². The Hall–Kier alpha value is -3.71. The van der Waals surface area contributed by atoms with Crippen LogP contribution in [0.1, 0.15) is 27.3 Å². The fraction of sp³-hybridized carbons (Fsp3) is 0.391. The van der Waals surface area contributed by atoms with Gasteiger partial charge in [-0.15, -0.1) is 0 Å². The Morgan fingerprint density at radius 1 is 1.14 bits per heavy atom. The van der Waals surface area contributed by atoms with Gasteiger partial charge in [-0.1, -0.05) is 0 Å². The molecular formula is C23H24F3N7O3. The van der Waals surface area contributed by atoms with Crippen molar-refractivity contribution in [3.05, 3.63) is 46.5 Å². The number of likely N-dealkylation sites (N-methyl/N-ethyl adjacent to an activating group) is 1. The second kappa shape index (κ2) is 9.39. The van der Waals surface area contributed by atoms with E-state index in [1.807, 2.05) is 11.9 Å². The highest BCUT2D eigenvalue weighted by molar-refractivity contribution is 5.90. The smallest absolute Gasteiger partial charge is 0.365 e. The van der Waals surface area contributed by atoms with Crippen molar-refractivity contribution in [1.29, 1.82) is 0 Å². The molecule has 0 spiro atoms. The first kappa shape index (κ1) is 24.0. The number of rotatable bonds is 6. The van der Waals surface area contributed by atoms with Gasteiger partial charge in [-0.3, -0.25) is 5.10 Å². The molecule has 2 aliphatic rings. The summed E-state index contributed by atoms with van der Waals surface area (Å²) in [4.78, 5) is 29.2. The van der Waals surface area contributed by atoms with E-state index in [2.05, 4.69) is 25.1 Å². The molecule has 2 N–H and O–H groups in total. The summed E-state index contributed by atoms with van der Waals surface area (Å²) in [5.41, 5.74) is 2.55. The third kappa shape index (κ3) is 4.35. The third-order valence-electron chi connectivity index (χ3n) is 6.52. The normalized spacial score (nSPS) is 15.7. The summed E-state index contributed by atoms with van der Waals surface area (Å²) in [6.07, 6.45) is 0.847. The van der Waals surface area contributed by atoms with Gasteiger partial charge in [0.2, 0.25) is 0 Å². The highest BCUT2D eigenvalue weighted by Crippen LogP contribution is 2.37. The van der Waals surface area contributed by atoms with E-state index in [-0.39, 0.29) is 17.3 Å². The summed E-state index contributed by atoms with van der Waals surface area (Å²) < 4.78 is 42.1. The number of carboxylic acids is 1. The number of aryl methyl sites for hydroxylation is 1. The van der Waals surface area contributed by atoms with Crippen LogP contribution in [0.15, 0.2) is 18.2 Å². The number of H-pyrrole nitrogens is 1. The van der Waals surface area contributed by atoms with E-state index in [9.17, 15) is 18.7 Å². The van der Waals surface area contributed by atoms with Gasteiger partial charge in [-0.25, -0.2) is 19.2 Å². The van der Waals surface area contributed by atoms with Gasteiger partial charge in [0.1, 0.15) is 22.9 Å². The van der Waals surface area contributed by atoms with Crippen molar-refractivity contribution in [2.24, 2.45) is 0 Å². The summed E-state index contributed by atoms with van der Waals surface area (Å²) >= 11 is 0. The Kier molecular flexibility index (Phi) is 6.26. The van der Waals surface area contributed by atoms with Crippen molar-refractivity contribution in [3.63, 3.8) is 0 Å². The SMILES string of the molecule is Cc1nc(N(OC(F)F)c2cc(N3CCN(C)CC3)ccc2F)nc2c1CCc1c-2n[nH]c1C(=O)O. The van der Waals surface area contributed by atoms with Crippen molar-refractivity contribution in [3.8, 4) is 11.4 Å². The maximum absolute atomic E-state index is 15.0. The predicted molar refractivity (Wildman–Crippen MR) is 124 cm³/mol. The number of alkyl halides is 2. The number of carbonyl (C=O) groups is 1. The van der Waals surface area contributed by atoms with Crippen molar-refractivity contribution in [1.82, 2.24) is 25.1 Å². The van der Waals surface area contributed by atoms with Crippen LogP contribution in [0.4, 0.5) is 30.5 Å². The first-order valence-electron chi connectivity index (χ1n) is 11.4. The maximum atomic E-state index is 15.0. The molecule has 1 aliphatic heterocycles. The first-order chi connectivity index (χ1) is 17.2. The van der Waals surface area contributed by atoms with Gasteiger partial charge in [0.15, 0.2) is 0 Å². The fourth-order valence-corrected chi connectivity index (χ4v) is 4.61. The molecule has 3 aromatic rings. The van der Waals surface area contributed by atoms with Crippen molar-refractivity contribution >= 4 is 23.3 Å². The zero-order valence-electron chi connectivity index (χ0n) is 19.6. The van der Waals surface area contributed by atoms with E-state index in [1.54, 1.807) is 13.0 Å². The molecule has 1 aliphatic carbocycles. The molecule has 10 nitrogen and oxygen atoms in total. The van der Waals surface area contributed by atoms with Crippen LogP contribution in [0.5, 0.6) is 0 Å². The Labute approximate surface area is 204 Å². The zero-order chi connectivity index (χ0) is 25.6. The number of hydrogen-bond acceptors (Lipinski definition) is 8. The topological polar surface area (TPSA) is 111 Å². The van der Waals surface area contributed by atoms with Crippen LogP contribution in [0, 0.1) is 12.7 Å². The van der Waals surface area contributed by atoms with E-state index in [1.165, 1.54) is 12.1 Å². The van der Waals surface area contributed by atoms with Gasteiger partial charge < -0.3 is 14.9 Å². The lowest BCUT2D eigenvalue weighted by Gasteiger charge is -2.34. The highest BCUT2D eigenvalue weighted by atomic mass is 19.3. The summed E-state index contributed by atoms with van der Waals surface area (Å²) in [5, 5.41) is 16.6. The molecule has 190 valence electrons. The number of hydrogen-bond donors (Lipinski definition) is 2. The molecule has 13 heteroatoms. The van der Waals surface area contributed by atoms with Gasteiger partial charge in [0.05, 0.1) is 5.69 Å². The lowest BCUT2D eigenvalue weighted by molar-refractivity contribution is -0.130. The summed E-state index contributed by atoms with van der Waals surface area (Å²) in [6.45, 7) is 1.40. The number of carboxylic acid groups (broad SMARTS) is 1. The number of piperazine rings is 1. The number of nitrogens with zero attached hydrogens (tertiary/aromatic N) is 6. The van der Waals surface area contributed by atoms with Gasteiger partial charge in [0.25, 0.3) is 5.95 Å². The van der Waals surface area contributed by atoms with Crippen LogP contribution in [0.2, 0.25) is 0 Å². The van der Waals surface area contributed by atoms with Crippen LogP contribution in [0.3, 0.4) is 0 Å². The van der Waals surface area contributed by atoms with E-state index in [0.717, 1.165) is 13.1 Å². The van der Waals surface area contributed by atoms with Crippen LogP contribution in [-0.2, 0) is 17.7 Å². The minimum absolute atomic E-state index is 0.0555. The number of fused-ring (bicyclic) bond motifs is 3. The molecule has 1 aromatic carbocycles. The molecule has 0 unspecified atom stereocenters. The lowest BCUT2D eigenvalue weighted by Crippen LogP contribution is -2.44. The number of anilines is 3. The molecule has 2 aromatic heterocycles. The second-order valence-electron chi connectivity index (χ2n) is 8.75. The average Bonchev–Trinajstić information content (AvgIpc) is 3.28. The number of aromatic nitrogens is 4. The van der Waals surface area contributed by atoms with Crippen LogP contribution in [0.25, 0.3) is 11.4 Å². The molecular weight excluding hydrogens is 479 g/mol. The summed E-state index contributed by atoms with van der Waals surface area (Å²) in [6, 6.07) is 4.22. The third-order valence-corrected chi connectivity index (χ3v) is 6.52. The number of benzene rings is 1.